The SMILES string of the molecule is CCNC(=NCc1ncccc1C)NCCc1ccccc1OC. The van der Waals surface area contributed by atoms with Crippen molar-refractivity contribution in [2.45, 2.75) is 26.8 Å². The average molecular weight is 326 g/mol. The van der Waals surface area contributed by atoms with Gasteiger partial charge in [0.05, 0.1) is 19.3 Å². The van der Waals surface area contributed by atoms with Crippen LogP contribution in [0.5, 0.6) is 5.75 Å². The van der Waals surface area contributed by atoms with E-state index in [2.05, 4.69) is 46.6 Å². The zero-order valence-corrected chi connectivity index (χ0v) is 14.7. The number of hydrogen-bond acceptors (Lipinski definition) is 3. The molecule has 128 valence electrons. The van der Waals surface area contributed by atoms with E-state index in [9.17, 15) is 0 Å². The van der Waals surface area contributed by atoms with Crippen LogP contribution in [0, 0.1) is 6.92 Å². The van der Waals surface area contributed by atoms with Gasteiger partial charge in [0.2, 0.25) is 0 Å². The molecule has 1 heterocycles. The zero-order chi connectivity index (χ0) is 17.2. The monoisotopic (exact) mass is 326 g/mol. The Morgan fingerprint density at radius 1 is 1.17 bits per heavy atom. The molecule has 0 spiro atoms. The van der Waals surface area contributed by atoms with Gasteiger partial charge in [-0.3, -0.25) is 4.98 Å². The number of guanidine groups is 1. The van der Waals surface area contributed by atoms with Crippen molar-refractivity contribution in [3.05, 3.63) is 59.4 Å². The minimum atomic E-state index is 0.566. The third kappa shape index (κ3) is 5.26. The number of benzene rings is 1. The lowest BCUT2D eigenvalue weighted by molar-refractivity contribution is 0.409. The molecular formula is C19H26N4O. The van der Waals surface area contributed by atoms with E-state index in [0.29, 0.717) is 6.54 Å². The van der Waals surface area contributed by atoms with Crippen LogP contribution in [0.1, 0.15) is 23.7 Å². The molecule has 5 heteroatoms. The van der Waals surface area contributed by atoms with Crippen molar-refractivity contribution in [1.82, 2.24) is 15.6 Å². The van der Waals surface area contributed by atoms with Crippen molar-refractivity contribution in [2.75, 3.05) is 20.2 Å². The number of hydrogen-bond donors (Lipinski definition) is 2. The van der Waals surface area contributed by atoms with Crippen molar-refractivity contribution in [1.29, 1.82) is 0 Å². The van der Waals surface area contributed by atoms with Gasteiger partial charge in [-0.15, -0.1) is 0 Å². The number of para-hydroxylation sites is 1. The van der Waals surface area contributed by atoms with Crippen LogP contribution in [-0.4, -0.2) is 31.1 Å². The van der Waals surface area contributed by atoms with Crippen LogP contribution in [-0.2, 0) is 13.0 Å². The number of rotatable bonds is 7. The van der Waals surface area contributed by atoms with Gasteiger partial charge in [0.15, 0.2) is 5.96 Å². The molecule has 2 aromatic rings. The van der Waals surface area contributed by atoms with Crippen molar-refractivity contribution < 1.29 is 4.74 Å². The number of aromatic nitrogens is 1. The van der Waals surface area contributed by atoms with Crippen LogP contribution in [0.2, 0.25) is 0 Å². The third-order valence-corrected chi connectivity index (χ3v) is 3.73. The molecule has 0 amide bonds. The molecule has 5 nitrogen and oxygen atoms in total. The van der Waals surface area contributed by atoms with Crippen molar-refractivity contribution in [3.63, 3.8) is 0 Å². The molecule has 1 aromatic carbocycles. The normalized spacial score (nSPS) is 11.2. The molecule has 24 heavy (non-hydrogen) atoms. The molecule has 0 bridgehead atoms. The Labute approximate surface area is 144 Å². The number of nitrogens with one attached hydrogen (secondary N) is 2. The number of ether oxygens (including phenoxy) is 1. The van der Waals surface area contributed by atoms with Crippen LogP contribution in [0.25, 0.3) is 0 Å². The second-order valence-corrected chi connectivity index (χ2v) is 5.45. The first-order valence-corrected chi connectivity index (χ1v) is 8.29. The second-order valence-electron chi connectivity index (χ2n) is 5.45. The summed E-state index contributed by atoms with van der Waals surface area (Å²) in [4.78, 5) is 9.00. The van der Waals surface area contributed by atoms with E-state index in [1.54, 1.807) is 13.3 Å². The summed E-state index contributed by atoms with van der Waals surface area (Å²) in [6, 6.07) is 12.1. The summed E-state index contributed by atoms with van der Waals surface area (Å²) in [5, 5.41) is 6.63. The van der Waals surface area contributed by atoms with Crippen molar-refractivity contribution in [2.24, 2.45) is 4.99 Å². The summed E-state index contributed by atoms with van der Waals surface area (Å²) in [6.07, 6.45) is 2.68. The van der Waals surface area contributed by atoms with Gasteiger partial charge >= 0.3 is 0 Å². The first-order chi connectivity index (χ1) is 11.7. The lowest BCUT2D eigenvalue weighted by atomic mass is 10.1. The van der Waals surface area contributed by atoms with Crippen molar-refractivity contribution in [3.8, 4) is 5.75 Å². The predicted molar refractivity (Wildman–Crippen MR) is 98.5 cm³/mol. The molecule has 0 aliphatic carbocycles. The second kappa shape index (κ2) is 9.55. The smallest absolute Gasteiger partial charge is 0.191 e. The molecule has 0 aliphatic heterocycles. The van der Waals surface area contributed by atoms with Crippen molar-refractivity contribution >= 4 is 5.96 Å². The Hall–Kier alpha value is -2.56. The molecule has 2 N–H and O–H groups in total. The Morgan fingerprint density at radius 3 is 2.75 bits per heavy atom. The lowest BCUT2D eigenvalue weighted by Crippen LogP contribution is -2.38. The van der Waals surface area contributed by atoms with E-state index < -0.39 is 0 Å². The molecule has 0 atom stereocenters. The van der Waals surface area contributed by atoms with Gasteiger partial charge in [0.25, 0.3) is 0 Å². The number of nitrogens with zero attached hydrogens (tertiary/aromatic N) is 2. The Balaban J connectivity index is 1.93. The van der Waals surface area contributed by atoms with Gasteiger partial charge in [0, 0.05) is 19.3 Å². The summed E-state index contributed by atoms with van der Waals surface area (Å²) in [5.41, 5.74) is 3.34. The maximum absolute atomic E-state index is 5.39. The zero-order valence-electron chi connectivity index (χ0n) is 14.7. The molecule has 0 unspecified atom stereocenters. The molecule has 1 aromatic heterocycles. The highest BCUT2D eigenvalue weighted by Gasteiger charge is 2.03. The minimum Gasteiger partial charge on any atom is -0.496 e. The van der Waals surface area contributed by atoms with Gasteiger partial charge in [0.1, 0.15) is 5.75 Å². The quantitative estimate of drug-likeness (QED) is 0.607. The van der Waals surface area contributed by atoms with Gasteiger partial charge in [-0.1, -0.05) is 24.3 Å². The van der Waals surface area contributed by atoms with E-state index in [-0.39, 0.29) is 0 Å². The highest BCUT2D eigenvalue weighted by molar-refractivity contribution is 5.79. The summed E-state index contributed by atoms with van der Waals surface area (Å²) >= 11 is 0. The topological polar surface area (TPSA) is 58.5 Å². The van der Waals surface area contributed by atoms with Gasteiger partial charge < -0.3 is 15.4 Å². The minimum absolute atomic E-state index is 0.566. The van der Waals surface area contributed by atoms with Gasteiger partial charge in [-0.05, 0) is 43.5 Å². The largest absolute Gasteiger partial charge is 0.496 e. The molecule has 0 aliphatic rings. The molecule has 2 rings (SSSR count). The van der Waals surface area contributed by atoms with E-state index >= 15 is 0 Å². The fourth-order valence-corrected chi connectivity index (χ4v) is 2.40. The highest BCUT2D eigenvalue weighted by Crippen LogP contribution is 2.17. The lowest BCUT2D eigenvalue weighted by Gasteiger charge is -2.13. The Kier molecular flexibility index (Phi) is 7.08. The summed E-state index contributed by atoms with van der Waals surface area (Å²) in [6.45, 7) is 6.29. The summed E-state index contributed by atoms with van der Waals surface area (Å²) in [7, 11) is 1.70. The average Bonchev–Trinajstić information content (AvgIpc) is 2.61. The van der Waals surface area contributed by atoms with E-state index in [0.717, 1.165) is 42.5 Å². The number of aryl methyl sites for hydroxylation is 1. The van der Waals surface area contributed by atoms with Crippen LogP contribution in [0.4, 0.5) is 0 Å². The van der Waals surface area contributed by atoms with Crippen LogP contribution in [0.15, 0.2) is 47.6 Å². The van der Waals surface area contributed by atoms with Crippen LogP contribution < -0.4 is 15.4 Å². The highest BCUT2D eigenvalue weighted by atomic mass is 16.5. The summed E-state index contributed by atoms with van der Waals surface area (Å²) < 4.78 is 5.39. The molecular weight excluding hydrogens is 300 g/mol. The predicted octanol–water partition coefficient (Wildman–Crippen LogP) is 2.70. The fourth-order valence-electron chi connectivity index (χ4n) is 2.40. The van der Waals surface area contributed by atoms with E-state index in [4.69, 9.17) is 4.74 Å². The fraction of sp³-hybridized carbons (Fsp3) is 0.368. The number of aliphatic imine (C=N–C) groups is 1. The van der Waals surface area contributed by atoms with Gasteiger partial charge in [-0.25, -0.2) is 4.99 Å². The molecule has 0 saturated heterocycles. The standard InChI is InChI=1S/C19H26N4O/c1-4-20-19(23-14-17-15(2)8-7-12-21-17)22-13-11-16-9-5-6-10-18(16)24-3/h5-10,12H,4,11,13-14H2,1-3H3,(H2,20,22,23). The van der Waals surface area contributed by atoms with Crippen LogP contribution in [0.3, 0.4) is 0 Å². The van der Waals surface area contributed by atoms with Crippen LogP contribution >= 0.6 is 0 Å². The van der Waals surface area contributed by atoms with E-state index in [1.165, 1.54) is 5.56 Å². The summed E-state index contributed by atoms with van der Waals surface area (Å²) in [5.74, 6) is 1.72. The number of pyridine rings is 1. The van der Waals surface area contributed by atoms with E-state index in [1.807, 2.05) is 24.3 Å². The first kappa shape index (κ1) is 17.8. The molecule has 0 saturated carbocycles. The Bertz CT molecular complexity index is 670. The van der Waals surface area contributed by atoms with Gasteiger partial charge in [-0.2, -0.15) is 0 Å². The maximum atomic E-state index is 5.39. The molecule has 0 radical (unpaired) electrons. The molecule has 0 fully saturated rings. The maximum Gasteiger partial charge on any atom is 0.191 e. The first-order valence-electron chi connectivity index (χ1n) is 8.29. The number of methoxy groups -OCH3 is 1. The third-order valence-electron chi connectivity index (χ3n) is 3.73. The Morgan fingerprint density at radius 2 is 2.00 bits per heavy atom.